The standard InChI is InChI=1S/C23H19N/c1-16-11-13-18(14-12-16)21-15-22(19-8-4-3-5-9-19)24-23-17(2)7-6-10-20(21)23/h3-15H,1-2H3. The van der Waals surface area contributed by atoms with Crippen molar-refractivity contribution in [3.8, 4) is 22.4 Å². The highest BCUT2D eigenvalue weighted by Gasteiger charge is 2.10. The summed E-state index contributed by atoms with van der Waals surface area (Å²) in [5.41, 5.74) is 8.20. The summed E-state index contributed by atoms with van der Waals surface area (Å²) in [6.07, 6.45) is 0. The number of fused-ring (bicyclic) bond motifs is 1. The van der Waals surface area contributed by atoms with E-state index in [1.807, 2.05) is 6.07 Å². The number of nitrogens with zero attached hydrogens (tertiary/aromatic N) is 1. The van der Waals surface area contributed by atoms with Crippen LogP contribution in [0.25, 0.3) is 33.3 Å². The minimum atomic E-state index is 1.02. The zero-order valence-corrected chi connectivity index (χ0v) is 14.0. The monoisotopic (exact) mass is 309 g/mol. The molecule has 0 saturated heterocycles. The average molecular weight is 309 g/mol. The quantitative estimate of drug-likeness (QED) is 0.430. The molecule has 0 N–H and O–H groups in total. The smallest absolute Gasteiger partial charge is 0.0744 e. The van der Waals surface area contributed by atoms with Crippen LogP contribution in [0.4, 0.5) is 0 Å². The molecule has 1 heteroatoms. The van der Waals surface area contributed by atoms with Crippen molar-refractivity contribution < 1.29 is 0 Å². The predicted molar refractivity (Wildman–Crippen MR) is 102 cm³/mol. The van der Waals surface area contributed by atoms with Crippen molar-refractivity contribution in [3.63, 3.8) is 0 Å². The zero-order chi connectivity index (χ0) is 16.5. The molecule has 0 aliphatic heterocycles. The molecule has 1 heterocycles. The van der Waals surface area contributed by atoms with E-state index in [0.717, 1.165) is 16.8 Å². The number of aryl methyl sites for hydroxylation is 2. The molecule has 0 aliphatic rings. The summed E-state index contributed by atoms with van der Waals surface area (Å²) in [5.74, 6) is 0. The number of para-hydroxylation sites is 1. The summed E-state index contributed by atoms with van der Waals surface area (Å²) >= 11 is 0. The molecule has 0 fully saturated rings. The number of aromatic nitrogens is 1. The fraction of sp³-hybridized carbons (Fsp3) is 0.0870. The van der Waals surface area contributed by atoms with E-state index in [9.17, 15) is 0 Å². The van der Waals surface area contributed by atoms with Crippen molar-refractivity contribution in [3.05, 3.63) is 90.0 Å². The van der Waals surface area contributed by atoms with Gasteiger partial charge in [0.2, 0.25) is 0 Å². The first-order valence-electron chi connectivity index (χ1n) is 8.25. The van der Waals surface area contributed by atoms with E-state index >= 15 is 0 Å². The summed E-state index contributed by atoms with van der Waals surface area (Å²) in [6, 6.07) is 27.7. The Hall–Kier alpha value is -2.93. The second kappa shape index (κ2) is 5.93. The van der Waals surface area contributed by atoms with E-state index in [4.69, 9.17) is 4.98 Å². The molecule has 3 aromatic carbocycles. The average Bonchev–Trinajstić information content (AvgIpc) is 2.63. The molecule has 1 aromatic heterocycles. The minimum Gasteiger partial charge on any atom is -0.247 e. The third-order valence-corrected chi connectivity index (χ3v) is 4.47. The summed E-state index contributed by atoms with van der Waals surface area (Å²) in [5, 5.41) is 1.21. The molecule has 0 saturated carbocycles. The molecule has 1 nitrogen and oxygen atoms in total. The van der Waals surface area contributed by atoms with E-state index in [1.54, 1.807) is 0 Å². The summed E-state index contributed by atoms with van der Waals surface area (Å²) in [4.78, 5) is 4.95. The summed E-state index contributed by atoms with van der Waals surface area (Å²) < 4.78 is 0. The van der Waals surface area contributed by atoms with Crippen LogP contribution < -0.4 is 0 Å². The van der Waals surface area contributed by atoms with Crippen molar-refractivity contribution in [2.45, 2.75) is 13.8 Å². The molecule has 116 valence electrons. The molecular formula is C23H19N. The Morgan fingerprint density at radius 1 is 0.667 bits per heavy atom. The number of hydrogen-bond donors (Lipinski definition) is 0. The maximum Gasteiger partial charge on any atom is 0.0744 e. The van der Waals surface area contributed by atoms with E-state index < -0.39 is 0 Å². The SMILES string of the molecule is Cc1ccc(-c2cc(-c3ccccc3)nc3c(C)cccc23)cc1. The number of pyridine rings is 1. The molecule has 0 aliphatic carbocycles. The number of hydrogen-bond acceptors (Lipinski definition) is 1. The lowest BCUT2D eigenvalue weighted by atomic mass is 9.96. The molecule has 0 bridgehead atoms. The van der Waals surface area contributed by atoms with Crippen molar-refractivity contribution in [2.75, 3.05) is 0 Å². The minimum absolute atomic E-state index is 1.02. The molecule has 0 amide bonds. The van der Waals surface area contributed by atoms with Crippen LogP contribution in [0.2, 0.25) is 0 Å². The van der Waals surface area contributed by atoms with Crippen molar-refractivity contribution >= 4 is 10.9 Å². The normalized spacial score (nSPS) is 10.9. The highest BCUT2D eigenvalue weighted by molar-refractivity contribution is 5.98. The molecule has 4 aromatic rings. The Kier molecular flexibility index (Phi) is 3.62. The molecule has 24 heavy (non-hydrogen) atoms. The molecule has 0 radical (unpaired) electrons. The van der Waals surface area contributed by atoms with E-state index in [-0.39, 0.29) is 0 Å². The maximum atomic E-state index is 4.95. The second-order valence-corrected chi connectivity index (χ2v) is 6.26. The van der Waals surface area contributed by atoms with Crippen LogP contribution in [0.3, 0.4) is 0 Å². The van der Waals surface area contributed by atoms with Gasteiger partial charge in [-0.2, -0.15) is 0 Å². The first-order chi connectivity index (χ1) is 11.7. The van der Waals surface area contributed by atoms with E-state index in [1.165, 1.54) is 27.6 Å². The van der Waals surface area contributed by atoms with Gasteiger partial charge in [0, 0.05) is 10.9 Å². The van der Waals surface area contributed by atoms with Gasteiger partial charge in [0.25, 0.3) is 0 Å². The number of rotatable bonds is 2. The van der Waals surface area contributed by atoms with Gasteiger partial charge in [0.05, 0.1) is 11.2 Å². The van der Waals surface area contributed by atoms with Crippen molar-refractivity contribution in [1.29, 1.82) is 0 Å². The first-order valence-corrected chi connectivity index (χ1v) is 8.25. The summed E-state index contributed by atoms with van der Waals surface area (Å²) in [6.45, 7) is 4.25. The van der Waals surface area contributed by atoms with Gasteiger partial charge in [-0.15, -0.1) is 0 Å². The van der Waals surface area contributed by atoms with E-state index in [0.29, 0.717) is 0 Å². The molecule has 0 atom stereocenters. The van der Waals surface area contributed by atoms with Gasteiger partial charge in [0.1, 0.15) is 0 Å². The Labute approximate surface area is 142 Å². The first kappa shape index (κ1) is 14.6. The van der Waals surface area contributed by atoms with Crippen LogP contribution in [-0.4, -0.2) is 4.98 Å². The molecule has 4 rings (SSSR count). The van der Waals surface area contributed by atoms with Crippen LogP contribution in [0.1, 0.15) is 11.1 Å². The van der Waals surface area contributed by atoms with Crippen molar-refractivity contribution in [2.24, 2.45) is 0 Å². The van der Waals surface area contributed by atoms with Crippen LogP contribution >= 0.6 is 0 Å². The largest absolute Gasteiger partial charge is 0.247 e. The van der Waals surface area contributed by atoms with Gasteiger partial charge < -0.3 is 0 Å². The highest BCUT2D eigenvalue weighted by atomic mass is 14.7. The highest BCUT2D eigenvalue weighted by Crippen LogP contribution is 2.33. The maximum absolute atomic E-state index is 4.95. The van der Waals surface area contributed by atoms with Gasteiger partial charge in [-0.05, 0) is 36.6 Å². The second-order valence-electron chi connectivity index (χ2n) is 6.26. The van der Waals surface area contributed by atoms with Gasteiger partial charge in [-0.25, -0.2) is 4.98 Å². The van der Waals surface area contributed by atoms with Crippen LogP contribution in [0, 0.1) is 13.8 Å². The van der Waals surface area contributed by atoms with Crippen LogP contribution in [-0.2, 0) is 0 Å². The molecule has 0 spiro atoms. The predicted octanol–water partition coefficient (Wildman–Crippen LogP) is 6.19. The van der Waals surface area contributed by atoms with Gasteiger partial charge >= 0.3 is 0 Å². The third kappa shape index (κ3) is 2.59. The lowest BCUT2D eigenvalue weighted by Gasteiger charge is -2.12. The van der Waals surface area contributed by atoms with Crippen molar-refractivity contribution in [1.82, 2.24) is 4.98 Å². The fourth-order valence-corrected chi connectivity index (χ4v) is 3.12. The molecule has 0 unspecified atom stereocenters. The Bertz CT molecular complexity index is 999. The molecular weight excluding hydrogens is 290 g/mol. The third-order valence-electron chi connectivity index (χ3n) is 4.47. The Balaban J connectivity index is 2.04. The van der Waals surface area contributed by atoms with Crippen LogP contribution in [0.15, 0.2) is 78.9 Å². The lowest BCUT2D eigenvalue weighted by molar-refractivity contribution is 1.36. The lowest BCUT2D eigenvalue weighted by Crippen LogP contribution is -1.92. The Morgan fingerprint density at radius 3 is 2.17 bits per heavy atom. The zero-order valence-electron chi connectivity index (χ0n) is 14.0. The van der Waals surface area contributed by atoms with Gasteiger partial charge in [-0.3, -0.25) is 0 Å². The van der Waals surface area contributed by atoms with Crippen LogP contribution in [0.5, 0.6) is 0 Å². The van der Waals surface area contributed by atoms with Gasteiger partial charge in [-0.1, -0.05) is 78.4 Å². The Morgan fingerprint density at radius 2 is 1.42 bits per heavy atom. The van der Waals surface area contributed by atoms with E-state index in [2.05, 4.69) is 86.6 Å². The summed E-state index contributed by atoms with van der Waals surface area (Å²) in [7, 11) is 0. The number of benzene rings is 3. The van der Waals surface area contributed by atoms with Gasteiger partial charge in [0.15, 0.2) is 0 Å². The fourth-order valence-electron chi connectivity index (χ4n) is 3.12. The topological polar surface area (TPSA) is 12.9 Å².